The fourth-order valence-electron chi connectivity index (χ4n) is 1.64. The van der Waals surface area contributed by atoms with E-state index >= 15 is 0 Å². The highest BCUT2D eigenvalue weighted by Gasteiger charge is 2.06. The molecular weight excluding hydrogens is 254 g/mol. The van der Waals surface area contributed by atoms with Crippen LogP contribution >= 0.6 is 12.6 Å². The van der Waals surface area contributed by atoms with Crippen molar-refractivity contribution in [1.82, 2.24) is 0 Å². The maximum Gasteiger partial charge on any atom is 0.238 e. The first-order valence-corrected chi connectivity index (χ1v) is 7.94. The molecule has 0 unspecified atom stereocenters. The Morgan fingerprint density at radius 2 is 1.59 bits per heavy atom. The Kier molecular flexibility index (Phi) is 6.02. The summed E-state index contributed by atoms with van der Waals surface area (Å²) in [5.41, 5.74) is 1.16. The van der Waals surface area contributed by atoms with Crippen LogP contribution in [0.2, 0.25) is 0 Å². The molecule has 0 amide bonds. The van der Waals surface area contributed by atoms with Crippen LogP contribution in [0.5, 0.6) is 0 Å². The summed E-state index contributed by atoms with van der Waals surface area (Å²) in [7, 11) is -3.56. The van der Waals surface area contributed by atoms with Gasteiger partial charge < -0.3 is 0 Å². The smallest absolute Gasteiger partial charge is 0.225 e. The number of hydrogen-bond donors (Lipinski definition) is 2. The second-order valence-electron chi connectivity index (χ2n) is 4.08. The number of rotatable bonds is 7. The van der Waals surface area contributed by atoms with Crippen molar-refractivity contribution in [3.63, 3.8) is 0 Å². The lowest BCUT2D eigenvalue weighted by atomic mass is 10.1. The number of primary sulfonamides is 1. The molecular formula is C12H19NO2S2. The van der Waals surface area contributed by atoms with E-state index in [1.165, 1.54) is 12.8 Å². The van der Waals surface area contributed by atoms with Gasteiger partial charge >= 0.3 is 0 Å². The molecule has 0 fully saturated rings. The molecule has 0 heterocycles. The maximum absolute atomic E-state index is 11.0. The molecule has 0 aliphatic carbocycles. The topological polar surface area (TPSA) is 60.2 Å². The minimum absolute atomic E-state index is 0.177. The highest BCUT2D eigenvalue weighted by atomic mass is 32.2. The van der Waals surface area contributed by atoms with E-state index in [2.05, 4.69) is 12.6 Å². The molecule has 0 aliphatic heterocycles. The molecule has 5 heteroatoms. The second kappa shape index (κ2) is 7.03. The highest BCUT2D eigenvalue weighted by Crippen LogP contribution is 2.12. The van der Waals surface area contributed by atoms with E-state index in [4.69, 9.17) is 5.14 Å². The molecule has 1 rings (SSSR count). The summed E-state index contributed by atoms with van der Waals surface area (Å²) in [5, 5.41) is 5.03. The Morgan fingerprint density at radius 1 is 1.00 bits per heavy atom. The lowest BCUT2D eigenvalue weighted by molar-refractivity contribution is 0.597. The van der Waals surface area contributed by atoms with Crippen LogP contribution in [0.15, 0.2) is 29.2 Å². The van der Waals surface area contributed by atoms with Gasteiger partial charge in [-0.25, -0.2) is 13.6 Å². The zero-order valence-electron chi connectivity index (χ0n) is 9.80. The van der Waals surface area contributed by atoms with Gasteiger partial charge in [0.25, 0.3) is 0 Å². The largest absolute Gasteiger partial charge is 0.238 e. The van der Waals surface area contributed by atoms with Crippen molar-refractivity contribution in [2.75, 3.05) is 5.75 Å². The fraction of sp³-hybridized carbons (Fsp3) is 0.500. The molecule has 0 radical (unpaired) electrons. The second-order valence-corrected chi connectivity index (χ2v) is 6.09. The quantitative estimate of drug-likeness (QED) is 0.592. The molecule has 0 spiro atoms. The summed E-state index contributed by atoms with van der Waals surface area (Å²) in [6, 6.07) is 6.80. The maximum atomic E-state index is 11.0. The Balaban J connectivity index is 2.41. The van der Waals surface area contributed by atoms with Gasteiger partial charge in [-0.2, -0.15) is 12.6 Å². The number of aryl methyl sites for hydroxylation is 1. The van der Waals surface area contributed by atoms with Crippen LogP contribution in [-0.2, 0) is 16.4 Å². The summed E-state index contributed by atoms with van der Waals surface area (Å²) >= 11 is 4.16. The number of unbranched alkanes of at least 4 members (excludes halogenated alkanes) is 3. The number of benzene rings is 1. The van der Waals surface area contributed by atoms with Gasteiger partial charge in [0, 0.05) is 0 Å². The van der Waals surface area contributed by atoms with Crippen LogP contribution in [-0.4, -0.2) is 14.2 Å². The summed E-state index contributed by atoms with van der Waals surface area (Å²) < 4.78 is 22.1. The predicted octanol–water partition coefficient (Wildman–Crippen LogP) is 2.37. The minimum Gasteiger partial charge on any atom is -0.225 e. The van der Waals surface area contributed by atoms with E-state index in [0.717, 1.165) is 30.6 Å². The molecule has 0 aromatic heterocycles. The van der Waals surface area contributed by atoms with Crippen molar-refractivity contribution >= 4 is 22.7 Å². The van der Waals surface area contributed by atoms with Gasteiger partial charge in [-0.3, -0.25) is 0 Å². The molecule has 2 N–H and O–H groups in total. The SMILES string of the molecule is NS(=O)(=O)c1ccc(CCCCCCS)cc1. The standard InChI is InChI=1S/C12H19NO2S2/c13-17(14,15)12-8-6-11(7-9-12)5-3-1-2-4-10-16/h6-9,16H,1-5,10H2,(H2,13,14,15). The third kappa shape index (κ3) is 5.57. The van der Waals surface area contributed by atoms with Crippen LogP contribution in [0.1, 0.15) is 31.2 Å². The Morgan fingerprint density at radius 3 is 2.12 bits per heavy atom. The summed E-state index contributed by atoms with van der Waals surface area (Å²) in [6.45, 7) is 0. The first-order chi connectivity index (χ1) is 8.04. The molecule has 0 aliphatic rings. The zero-order valence-corrected chi connectivity index (χ0v) is 11.5. The van der Waals surface area contributed by atoms with Gasteiger partial charge in [0.2, 0.25) is 10.0 Å². The van der Waals surface area contributed by atoms with E-state index in [-0.39, 0.29) is 4.90 Å². The summed E-state index contributed by atoms with van der Waals surface area (Å²) in [4.78, 5) is 0.177. The Labute approximate surface area is 109 Å². The third-order valence-electron chi connectivity index (χ3n) is 2.63. The first-order valence-electron chi connectivity index (χ1n) is 5.76. The molecule has 1 aromatic carbocycles. The zero-order chi connectivity index (χ0) is 12.7. The number of nitrogens with two attached hydrogens (primary N) is 1. The lowest BCUT2D eigenvalue weighted by Gasteiger charge is -2.03. The van der Waals surface area contributed by atoms with Crippen molar-refractivity contribution in [3.8, 4) is 0 Å². The molecule has 17 heavy (non-hydrogen) atoms. The lowest BCUT2D eigenvalue weighted by Crippen LogP contribution is -2.11. The van der Waals surface area contributed by atoms with Gasteiger partial charge in [-0.1, -0.05) is 25.0 Å². The van der Waals surface area contributed by atoms with Crippen LogP contribution in [0.4, 0.5) is 0 Å². The number of thiol groups is 1. The van der Waals surface area contributed by atoms with Gasteiger partial charge in [0.15, 0.2) is 0 Å². The van der Waals surface area contributed by atoms with Crippen LogP contribution in [0.25, 0.3) is 0 Å². The van der Waals surface area contributed by atoms with Gasteiger partial charge in [0.1, 0.15) is 0 Å². The molecule has 1 aromatic rings. The van der Waals surface area contributed by atoms with E-state index in [0.29, 0.717) is 0 Å². The minimum atomic E-state index is -3.56. The third-order valence-corrected chi connectivity index (χ3v) is 3.87. The van der Waals surface area contributed by atoms with Crippen molar-refractivity contribution in [2.45, 2.75) is 37.0 Å². The van der Waals surface area contributed by atoms with Gasteiger partial charge in [0.05, 0.1) is 4.90 Å². The number of sulfonamides is 1. The molecule has 0 bridgehead atoms. The first kappa shape index (κ1) is 14.5. The van der Waals surface area contributed by atoms with Crippen molar-refractivity contribution in [3.05, 3.63) is 29.8 Å². The van der Waals surface area contributed by atoms with Crippen LogP contribution in [0, 0.1) is 0 Å². The van der Waals surface area contributed by atoms with E-state index < -0.39 is 10.0 Å². The summed E-state index contributed by atoms with van der Waals surface area (Å²) in [5.74, 6) is 0.947. The van der Waals surface area contributed by atoms with Crippen LogP contribution < -0.4 is 5.14 Å². The van der Waals surface area contributed by atoms with Gasteiger partial charge in [-0.15, -0.1) is 0 Å². The molecule has 96 valence electrons. The van der Waals surface area contributed by atoms with Crippen molar-refractivity contribution in [1.29, 1.82) is 0 Å². The van der Waals surface area contributed by atoms with Crippen LogP contribution in [0.3, 0.4) is 0 Å². The highest BCUT2D eigenvalue weighted by molar-refractivity contribution is 7.89. The molecule has 3 nitrogen and oxygen atoms in total. The normalized spacial score (nSPS) is 11.6. The predicted molar refractivity (Wildman–Crippen MR) is 73.8 cm³/mol. The average molecular weight is 273 g/mol. The van der Waals surface area contributed by atoms with Crippen molar-refractivity contribution in [2.24, 2.45) is 5.14 Å². The van der Waals surface area contributed by atoms with Gasteiger partial charge in [-0.05, 0) is 42.7 Å². The average Bonchev–Trinajstić information content (AvgIpc) is 2.28. The summed E-state index contributed by atoms with van der Waals surface area (Å²) in [6.07, 6.45) is 5.67. The monoisotopic (exact) mass is 273 g/mol. The van der Waals surface area contributed by atoms with E-state index in [9.17, 15) is 8.42 Å². The molecule has 0 saturated heterocycles. The molecule has 0 atom stereocenters. The number of hydrogen-bond acceptors (Lipinski definition) is 3. The molecule has 0 saturated carbocycles. The van der Waals surface area contributed by atoms with E-state index in [1.54, 1.807) is 12.1 Å². The van der Waals surface area contributed by atoms with E-state index in [1.807, 2.05) is 12.1 Å². The Hall–Kier alpha value is -0.520. The Bertz CT molecular complexity index is 426. The van der Waals surface area contributed by atoms with Crippen molar-refractivity contribution < 1.29 is 8.42 Å². The fourth-order valence-corrected chi connectivity index (χ4v) is 2.38.